The van der Waals surface area contributed by atoms with Crippen molar-refractivity contribution in [2.75, 3.05) is 7.11 Å². The minimum atomic E-state index is -1.52. The molecule has 0 bridgehead atoms. The first-order chi connectivity index (χ1) is 13.6. The molecule has 0 saturated heterocycles. The lowest BCUT2D eigenvalue weighted by molar-refractivity contribution is -0.0649. The maximum absolute atomic E-state index is 11.7. The Balaban J connectivity index is 1.70. The Morgan fingerprint density at radius 3 is 2.62 bits per heavy atom. The van der Waals surface area contributed by atoms with Crippen LogP contribution in [0.1, 0.15) is 61.6 Å². The Bertz CT molecular complexity index is 861. The number of aliphatic hydroxyl groups is 1. The van der Waals surface area contributed by atoms with Crippen LogP contribution in [0.15, 0.2) is 12.1 Å². The molecular weight excluding hydrogens is 376 g/mol. The molecule has 0 radical (unpaired) electrons. The van der Waals surface area contributed by atoms with E-state index in [2.05, 4.69) is 38.0 Å². The van der Waals surface area contributed by atoms with Crippen molar-refractivity contribution in [3.8, 4) is 17.2 Å². The molecule has 5 atom stereocenters. The quantitative estimate of drug-likeness (QED) is 0.530. The molecule has 2 N–H and O–H groups in total. The first-order valence-electron chi connectivity index (χ1n) is 11.2. The van der Waals surface area contributed by atoms with Gasteiger partial charge in [0.25, 0.3) is 0 Å². The van der Waals surface area contributed by atoms with Crippen LogP contribution < -0.4 is 0 Å². The van der Waals surface area contributed by atoms with Gasteiger partial charge < -0.3 is 14.9 Å². The number of aryl methyl sites for hydroxylation is 1. The van der Waals surface area contributed by atoms with Gasteiger partial charge in [-0.2, -0.15) is 0 Å². The van der Waals surface area contributed by atoms with Gasteiger partial charge in [-0.15, -0.1) is 5.54 Å². The minimum Gasteiger partial charge on any atom is -0.508 e. The van der Waals surface area contributed by atoms with Gasteiger partial charge >= 0.3 is 0 Å². The molecule has 4 rings (SSSR count). The number of benzene rings is 1. The molecule has 2 fully saturated rings. The molecule has 1 aromatic carbocycles. The standard InChI is InChI=1S/C25H36O3Si/c1-24-10-8-21-20(22(24)9-11-25(24,27)12-13-29(3,4)5)7-6-17-14-19(26)15-18(16-28-2)23(17)21/h14-15,20-22,26-27H,6-11,16H2,1-5H3/t20-,21+,22+,24+,25-/m1/s1. The molecular formula is C25H36O3Si. The van der Waals surface area contributed by atoms with Crippen molar-refractivity contribution < 1.29 is 14.9 Å². The molecule has 0 aromatic heterocycles. The molecule has 0 heterocycles. The van der Waals surface area contributed by atoms with Gasteiger partial charge in [0.2, 0.25) is 0 Å². The van der Waals surface area contributed by atoms with Crippen LogP contribution in [0.3, 0.4) is 0 Å². The van der Waals surface area contributed by atoms with Crippen molar-refractivity contribution in [1.82, 2.24) is 0 Å². The summed E-state index contributed by atoms with van der Waals surface area (Å²) in [4.78, 5) is 0. The third kappa shape index (κ3) is 3.46. The zero-order chi connectivity index (χ0) is 21.0. The molecule has 4 heteroatoms. The summed E-state index contributed by atoms with van der Waals surface area (Å²) in [6.45, 7) is 9.61. The average Bonchev–Trinajstić information content (AvgIpc) is 2.91. The molecule has 0 unspecified atom stereocenters. The van der Waals surface area contributed by atoms with E-state index < -0.39 is 13.7 Å². The van der Waals surface area contributed by atoms with E-state index in [1.807, 2.05) is 12.1 Å². The van der Waals surface area contributed by atoms with Gasteiger partial charge in [0.1, 0.15) is 19.4 Å². The van der Waals surface area contributed by atoms with Crippen LogP contribution in [-0.4, -0.2) is 31.0 Å². The lowest BCUT2D eigenvalue weighted by Gasteiger charge is -2.52. The number of hydrogen-bond donors (Lipinski definition) is 2. The maximum atomic E-state index is 11.7. The maximum Gasteiger partial charge on any atom is 0.130 e. The molecule has 158 valence electrons. The van der Waals surface area contributed by atoms with Gasteiger partial charge in [0, 0.05) is 12.5 Å². The Hall–Kier alpha value is -1.28. The summed E-state index contributed by atoms with van der Waals surface area (Å²) < 4.78 is 5.47. The molecule has 0 aliphatic heterocycles. The number of phenols is 1. The largest absolute Gasteiger partial charge is 0.508 e. The number of phenolic OH excluding ortho intramolecular Hbond substituents is 1. The number of fused-ring (bicyclic) bond motifs is 5. The van der Waals surface area contributed by atoms with Gasteiger partial charge in [-0.3, -0.25) is 0 Å². The van der Waals surface area contributed by atoms with E-state index in [1.165, 1.54) is 11.1 Å². The highest BCUT2D eigenvalue weighted by Crippen LogP contribution is 2.64. The van der Waals surface area contributed by atoms with Gasteiger partial charge in [-0.05, 0) is 85.1 Å². The fourth-order valence-electron chi connectivity index (χ4n) is 6.60. The third-order valence-corrected chi connectivity index (χ3v) is 8.86. The second-order valence-electron chi connectivity index (χ2n) is 10.9. The zero-order valence-corrected chi connectivity index (χ0v) is 19.6. The molecule has 0 spiro atoms. The van der Waals surface area contributed by atoms with Gasteiger partial charge in [-0.25, -0.2) is 0 Å². The van der Waals surface area contributed by atoms with Gasteiger partial charge in [0.15, 0.2) is 0 Å². The van der Waals surface area contributed by atoms with E-state index in [1.54, 1.807) is 7.11 Å². The van der Waals surface area contributed by atoms with Crippen LogP contribution >= 0.6 is 0 Å². The smallest absolute Gasteiger partial charge is 0.130 e. The lowest BCUT2D eigenvalue weighted by atomic mass is 9.53. The first-order valence-corrected chi connectivity index (χ1v) is 14.7. The van der Waals surface area contributed by atoms with E-state index in [4.69, 9.17) is 4.74 Å². The molecule has 1 aromatic rings. The highest BCUT2D eigenvalue weighted by molar-refractivity contribution is 6.83. The number of ether oxygens (including phenoxy) is 1. The second kappa shape index (κ2) is 7.15. The molecule has 3 aliphatic rings. The first kappa shape index (κ1) is 21.0. The fraction of sp³-hybridized carbons (Fsp3) is 0.680. The topological polar surface area (TPSA) is 49.7 Å². The number of aromatic hydroxyl groups is 1. The summed E-state index contributed by atoms with van der Waals surface area (Å²) in [7, 11) is 0.201. The van der Waals surface area contributed by atoms with E-state index in [9.17, 15) is 10.2 Å². The van der Waals surface area contributed by atoms with E-state index in [-0.39, 0.29) is 5.41 Å². The van der Waals surface area contributed by atoms with Crippen molar-refractivity contribution in [2.24, 2.45) is 17.3 Å². The molecule has 29 heavy (non-hydrogen) atoms. The normalized spacial score (nSPS) is 35.9. The summed E-state index contributed by atoms with van der Waals surface area (Å²) >= 11 is 0. The summed E-state index contributed by atoms with van der Waals surface area (Å²) in [5, 5.41) is 21.8. The van der Waals surface area contributed by atoms with Crippen LogP contribution in [-0.2, 0) is 17.8 Å². The van der Waals surface area contributed by atoms with Crippen LogP contribution in [0.2, 0.25) is 19.6 Å². The minimum absolute atomic E-state index is 0.114. The summed E-state index contributed by atoms with van der Waals surface area (Å²) in [6.07, 6.45) is 6.13. The predicted octanol–water partition coefficient (Wildman–Crippen LogP) is 5.01. The molecule has 0 amide bonds. The Kier molecular flexibility index (Phi) is 5.17. The van der Waals surface area contributed by atoms with Crippen LogP contribution in [0.5, 0.6) is 5.75 Å². The van der Waals surface area contributed by atoms with Crippen LogP contribution in [0.4, 0.5) is 0 Å². The third-order valence-electron chi connectivity index (χ3n) is 7.99. The highest BCUT2D eigenvalue weighted by atomic mass is 28.3. The Morgan fingerprint density at radius 1 is 1.17 bits per heavy atom. The molecule has 3 nitrogen and oxygen atoms in total. The SMILES string of the molecule is COCc1cc(O)cc2c1[C@H]1CC[C@@]3(C)[C@@H](CC[C@@]3(O)C#C[Si](C)(C)C)[C@@H]1CC2. The van der Waals surface area contributed by atoms with Crippen molar-refractivity contribution in [3.63, 3.8) is 0 Å². The number of rotatable bonds is 2. The predicted molar refractivity (Wildman–Crippen MR) is 120 cm³/mol. The second-order valence-corrected chi connectivity index (χ2v) is 15.6. The summed E-state index contributed by atoms with van der Waals surface area (Å²) in [6, 6.07) is 3.85. The average molecular weight is 413 g/mol. The number of methoxy groups -OCH3 is 1. The van der Waals surface area contributed by atoms with E-state index in [0.29, 0.717) is 30.1 Å². The van der Waals surface area contributed by atoms with Gasteiger partial charge in [-0.1, -0.05) is 32.5 Å². The summed E-state index contributed by atoms with van der Waals surface area (Å²) in [5.41, 5.74) is 6.39. The van der Waals surface area contributed by atoms with Crippen LogP contribution in [0, 0.1) is 28.7 Å². The zero-order valence-electron chi connectivity index (χ0n) is 18.6. The molecule has 3 aliphatic carbocycles. The van der Waals surface area contributed by atoms with E-state index in [0.717, 1.165) is 44.1 Å². The van der Waals surface area contributed by atoms with Crippen molar-refractivity contribution >= 4 is 8.07 Å². The van der Waals surface area contributed by atoms with Crippen molar-refractivity contribution in [3.05, 3.63) is 28.8 Å². The molecule has 2 saturated carbocycles. The fourth-order valence-corrected chi connectivity index (χ4v) is 7.18. The van der Waals surface area contributed by atoms with Crippen LogP contribution in [0.25, 0.3) is 0 Å². The summed E-state index contributed by atoms with van der Waals surface area (Å²) in [5.74, 6) is 5.37. The van der Waals surface area contributed by atoms with E-state index >= 15 is 0 Å². The van der Waals surface area contributed by atoms with Crippen molar-refractivity contribution in [1.29, 1.82) is 0 Å². The Morgan fingerprint density at radius 2 is 1.93 bits per heavy atom. The van der Waals surface area contributed by atoms with Crippen molar-refractivity contribution in [2.45, 2.75) is 83.2 Å². The van der Waals surface area contributed by atoms with Gasteiger partial charge in [0.05, 0.1) is 6.61 Å². The Labute approximate surface area is 176 Å². The lowest BCUT2D eigenvalue weighted by Crippen LogP contribution is -2.50. The highest BCUT2D eigenvalue weighted by Gasteiger charge is 2.61. The number of hydrogen-bond acceptors (Lipinski definition) is 3. The monoisotopic (exact) mass is 412 g/mol.